The van der Waals surface area contributed by atoms with E-state index in [1.165, 1.54) is 42.5 Å². The van der Waals surface area contributed by atoms with E-state index in [4.69, 9.17) is 4.74 Å². The number of nitrogens with zero attached hydrogens (tertiary/aromatic N) is 2. The first-order chi connectivity index (χ1) is 18.6. The van der Waals surface area contributed by atoms with Crippen molar-refractivity contribution in [3.05, 3.63) is 91.5 Å². The van der Waals surface area contributed by atoms with Gasteiger partial charge in [-0.2, -0.15) is 0 Å². The first kappa shape index (κ1) is 27.9. The second-order valence-corrected chi connectivity index (χ2v) is 17.5. The molecular weight excluding hydrogens is 611 g/mol. The molecule has 1 amide bonds. The highest BCUT2D eigenvalue weighted by atomic mass is 127. The minimum atomic E-state index is -1.45. The Morgan fingerprint density at radius 1 is 0.949 bits per heavy atom. The molecule has 0 N–H and O–H groups in total. The smallest absolute Gasteiger partial charge is 0.409 e. The normalized spacial score (nSPS) is 15.4. The van der Waals surface area contributed by atoms with Gasteiger partial charge in [0.25, 0.3) is 0 Å². The molecule has 39 heavy (non-hydrogen) atoms. The quantitative estimate of drug-likeness (QED) is 0.171. The molecule has 3 aromatic carbocycles. The number of hydrogen-bond donors (Lipinski definition) is 0. The third-order valence-corrected chi connectivity index (χ3v) is 10.3. The van der Waals surface area contributed by atoms with Gasteiger partial charge in [0.2, 0.25) is 0 Å². The van der Waals surface area contributed by atoms with Crippen molar-refractivity contribution >= 4 is 36.8 Å². The lowest BCUT2D eigenvalue weighted by atomic mass is 9.98. The molecule has 0 bridgehead atoms. The molecule has 4 nitrogen and oxygen atoms in total. The van der Waals surface area contributed by atoms with Crippen LogP contribution in [0.15, 0.2) is 54.6 Å². The Morgan fingerprint density at radius 3 is 2.13 bits per heavy atom. The maximum Gasteiger partial charge on any atom is 0.409 e. The van der Waals surface area contributed by atoms with Crippen LogP contribution in [-0.2, 0) is 11.3 Å². The summed E-state index contributed by atoms with van der Waals surface area (Å²) in [7, 11) is -1.45. The highest BCUT2D eigenvalue weighted by Gasteiger charge is 2.30. The molecule has 1 saturated heterocycles. The fourth-order valence-corrected chi connectivity index (χ4v) is 6.64. The molecule has 2 aliphatic rings. The Labute approximate surface area is 247 Å². The van der Waals surface area contributed by atoms with Gasteiger partial charge >= 0.3 is 6.09 Å². The Morgan fingerprint density at radius 2 is 1.54 bits per heavy atom. The molecule has 1 fully saturated rings. The third kappa shape index (κ3) is 6.11. The summed E-state index contributed by atoms with van der Waals surface area (Å²) >= 11 is 2.47. The Kier molecular flexibility index (Phi) is 8.23. The van der Waals surface area contributed by atoms with Gasteiger partial charge in [-0.05, 0) is 81.4 Å². The molecule has 0 spiro atoms. The largest absolute Gasteiger partial charge is 0.448 e. The van der Waals surface area contributed by atoms with E-state index in [2.05, 4.69) is 127 Å². The molecule has 0 aromatic heterocycles. The van der Waals surface area contributed by atoms with E-state index in [0.717, 1.165) is 25.2 Å². The summed E-state index contributed by atoms with van der Waals surface area (Å²) in [6, 6.07) is 19.2. The summed E-state index contributed by atoms with van der Waals surface area (Å²) < 4.78 is 7.21. The van der Waals surface area contributed by atoms with Crippen molar-refractivity contribution in [2.45, 2.75) is 46.0 Å². The van der Waals surface area contributed by atoms with Crippen LogP contribution in [0.5, 0.6) is 0 Å². The Bertz CT molecular complexity index is 1410. The predicted molar refractivity (Wildman–Crippen MR) is 171 cm³/mol. The van der Waals surface area contributed by atoms with Crippen molar-refractivity contribution in [2.24, 2.45) is 0 Å². The molecule has 0 saturated carbocycles. The van der Waals surface area contributed by atoms with E-state index in [1.54, 1.807) is 0 Å². The summed E-state index contributed by atoms with van der Waals surface area (Å²) in [4.78, 5) is 17.4. The standard InChI is InChI=1S/C33H37IN2O2Si/c1-23-25(14-19-39(3,4)5)20-26(24(2)32(23)34)21-35-15-17-36(18-16-35)33(37)38-22-31-29-12-8-6-10-27(29)28-11-7-9-13-30(28)31/h6-13,20,31H,15-18,21-22H2,1-5H3. The van der Waals surface area contributed by atoms with Gasteiger partial charge in [-0.3, -0.25) is 4.90 Å². The summed E-state index contributed by atoms with van der Waals surface area (Å²) in [6.45, 7) is 15.5. The van der Waals surface area contributed by atoms with Crippen LogP contribution < -0.4 is 0 Å². The van der Waals surface area contributed by atoms with Gasteiger partial charge in [-0.15, -0.1) is 5.54 Å². The topological polar surface area (TPSA) is 32.8 Å². The molecule has 1 aliphatic heterocycles. The van der Waals surface area contributed by atoms with E-state index >= 15 is 0 Å². The average molecular weight is 649 g/mol. The molecule has 0 radical (unpaired) electrons. The Hall–Kier alpha value is -2.60. The number of fused-ring (bicyclic) bond motifs is 3. The molecular formula is C33H37IN2O2Si. The average Bonchev–Trinajstić information content (AvgIpc) is 3.25. The van der Waals surface area contributed by atoms with Crippen molar-refractivity contribution in [2.75, 3.05) is 32.8 Å². The summed E-state index contributed by atoms with van der Waals surface area (Å²) in [5.41, 5.74) is 13.6. The number of benzene rings is 3. The van der Waals surface area contributed by atoms with Crippen molar-refractivity contribution in [1.82, 2.24) is 9.80 Å². The van der Waals surface area contributed by atoms with E-state index in [-0.39, 0.29) is 12.0 Å². The zero-order chi connectivity index (χ0) is 27.7. The van der Waals surface area contributed by atoms with Gasteiger partial charge in [0.1, 0.15) is 14.7 Å². The summed E-state index contributed by atoms with van der Waals surface area (Å²) in [6.07, 6.45) is -0.207. The van der Waals surface area contributed by atoms with Crippen molar-refractivity contribution < 1.29 is 9.53 Å². The molecule has 5 rings (SSSR count). The van der Waals surface area contributed by atoms with Gasteiger partial charge < -0.3 is 9.64 Å². The van der Waals surface area contributed by atoms with Crippen LogP contribution in [-0.4, -0.2) is 56.8 Å². The van der Waals surface area contributed by atoms with Gasteiger partial charge in [0.05, 0.1) is 0 Å². The Balaban J connectivity index is 1.20. The van der Waals surface area contributed by atoms with Crippen LogP contribution in [0.1, 0.15) is 39.3 Å². The van der Waals surface area contributed by atoms with E-state index < -0.39 is 8.07 Å². The highest BCUT2D eigenvalue weighted by Crippen LogP contribution is 2.44. The first-order valence-electron chi connectivity index (χ1n) is 13.8. The summed E-state index contributed by atoms with van der Waals surface area (Å²) in [5, 5.41) is 0. The van der Waals surface area contributed by atoms with E-state index in [9.17, 15) is 4.79 Å². The minimum absolute atomic E-state index is 0.0906. The van der Waals surface area contributed by atoms with Gasteiger partial charge in [0.15, 0.2) is 0 Å². The lowest BCUT2D eigenvalue weighted by Gasteiger charge is -2.34. The number of rotatable bonds is 4. The minimum Gasteiger partial charge on any atom is -0.448 e. The lowest BCUT2D eigenvalue weighted by molar-refractivity contribution is 0.0728. The molecule has 3 aromatic rings. The zero-order valence-corrected chi connectivity index (χ0v) is 26.8. The maximum atomic E-state index is 13.0. The number of halogens is 1. The SMILES string of the molecule is Cc1c(C#C[Si](C)(C)C)cc(CN2CCN(C(=O)OCC3c4ccccc4-c4ccccc43)CC2)c(C)c1I. The maximum absolute atomic E-state index is 13.0. The highest BCUT2D eigenvalue weighted by molar-refractivity contribution is 14.1. The van der Waals surface area contributed by atoms with Crippen LogP contribution in [0.25, 0.3) is 11.1 Å². The second-order valence-electron chi connectivity index (χ2n) is 11.7. The predicted octanol–water partition coefficient (Wildman–Crippen LogP) is 7.20. The summed E-state index contributed by atoms with van der Waals surface area (Å²) in [5.74, 6) is 3.58. The number of hydrogen-bond acceptors (Lipinski definition) is 3. The molecule has 1 heterocycles. The fourth-order valence-electron chi connectivity index (χ4n) is 5.49. The molecule has 6 heteroatoms. The zero-order valence-electron chi connectivity index (χ0n) is 23.6. The monoisotopic (exact) mass is 648 g/mol. The van der Waals surface area contributed by atoms with Crippen LogP contribution in [0, 0.1) is 28.9 Å². The van der Waals surface area contributed by atoms with Crippen molar-refractivity contribution in [1.29, 1.82) is 0 Å². The van der Waals surface area contributed by atoms with E-state index in [0.29, 0.717) is 19.7 Å². The lowest BCUT2D eigenvalue weighted by Crippen LogP contribution is -2.48. The van der Waals surface area contributed by atoms with Crippen molar-refractivity contribution in [3.8, 4) is 22.6 Å². The fraction of sp³-hybridized carbons (Fsp3) is 0.364. The molecule has 0 unspecified atom stereocenters. The van der Waals surface area contributed by atoms with Crippen molar-refractivity contribution in [3.63, 3.8) is 0 Å². The third-order valence-electron chi connectivity index (χ3n) is 7.80. The van der Waals surface area contributed by atoms with Crippen LogP contribution in [0.3, 0.4) is 0 Å². The number of carbonyl (C=O) groups excluding carboxylic acids is 1. The molecule has 202 valence electrons. The van der Waals surface area contributed by atoms with Gasteiger partial charge in [-0.1, -0.05) is 74.1 Å². The van der Waals surface area contributed by atoms with Crippen LogP contribution in [0.2, 0.25) is 19.6 Å². The molecule has 1 aliphatic carbocycles. The second kappa shape index (κ2) is 11.5. The van der Waals surface area contributed by atoms with Gasteiger partial charge in [0, 0.05) is 47.8 Å². The number of ether oxygens (including phenoxy) is 1. The number of amides is 1. The first-order valence-corrected chi connectivity index (χ1v) is 18.3. The van der Waals surface area contributed by atoms with Crippen LogP contribution in [0.4, 0.5) is 4.79 Å². The van der Waals surface area contributed by atoms with E-state index in [1.807, 2.05) is 4.90 Å². The van der Waals surface area contributed by atoms with Gasteiger partial charge in [-0.25, -0.2) is 4.79 Å². The number of carbonyl (C=O) groups is 1. The molecule has 0 atom stereocenters. The van der Waals surface area contributed by atoms with Crippen LogP contribution >= 0.6 is 22.6 Å². The number of piperazine rings is 1.